The maximum atomic E-state index is 12.5. The van der Waals surface area contributed by atoms with E-state index in [1.165, 1.54) is 13.2 Å². The molecule has 3 aromatic rings. The van der Waals surface area contributed by atoms with Crippen molar-refractivity contribution in [2.45, 2.75) is 0 Å². The number of fused-ring (bicyclic) bond motifs is 1. The molecule has 23 heavy (non-hydrogen) atoms. The number of rotatable bonds is 4. The van der Waals surface area contributed by atoms with Crippen LogP contribution in [-0.2, 0) is 0 Å². The minimum atomic E-state index is -0.166. The van der Waals surface area contributed by atoms with E-state index in [0.29, 0.717) is 39.5 Å². The van der Waals surface area contributed by atoms with E-state index in [0.717, 1.165) is 0 Å². The summed E-state index contributed by atoms with van der Waals surface area (Å²) in [5.74, 6) is 2.17. The van der Waals surface area contributed by atoms with Gasteiger partial charge in [0.05, 0.1) is 21.3 Å². The van der Waals surface area contributed by atoms with Gasteiger partial charge in [0.1, 0.15) is 34.0 Å². The molecule has 118 valence electrons. The zero-order valence-electron chi connectivity index (χ0n) is 13.1. The van der Waals surface area contributed by atoms with Crippen LogP contribution in [0, 0.1) is 0 Å². The topological polar surface area (TPSA) is 57.9 Å². The Morgan fingerprint density at radius 1 is 0.870 bits per heavy atom. The van der Waals surface area contributed by atoms with Crippen LogP contribution in [0.15, 0.2) is 51.7 Å². The SMILES string of the molecule is COc1cc(OC)cc(-c2cc(=O)c3c(OC)cccc3o2)c1. The normalized spacial score (nSPS) is 10.6. The molecule has 0 aliphatic heterocycles. The highest BCUT2D eigenvalue weighted by Gasteiger charge is 2.12. The van der Waals surface area contributed by atoms with Crippen molar-refractivity contribution in [3.05, 3.63) is 52.7 Å². The second-order valence-electron chi connectivity index (χ2n) is 4.91. The van der Waals surface area contributed by atoms with Crippen molar-refractivity contribution in [2.24, 2.45) is 0 Å². The molecular weight excluding hydrogens is 296 g/mol. The molecule has 0 amide bonds. The van der Waals surface area contributed by atoms with Gasteiger partial charge in [-0.15, -0.1) is 0 Å². The second-order valence-corrected chi connectivity index (χ2v) is 4.91. The standard InChI is InChI=1S/C18H16O5/c1-20-12-7-11(8-13(9-12)21-2)17-10-14(19)18-15(22-3)5-4-6-16(18)23-17/h4-10H,1-3H3. The van der Waals surface area contributed by atoms with Crippen molar-refractivity contribution in [2.75, 3.05) is 21.3 Å². The van der Waals surface area contributed by atoms with Crippen molar-refractivity contribution >= 4 is 11.0 Å². The molecule has 0 radical (unpaired) electrons. The Labute approximate surface area is 133 Å². The number of methoxy groups -OCH3 is 3. The van der Waals surface area contributed by atoms with Gasteiger partial charge in [-0.1, -0.05) is 6.07 Å². The highest BCUT2D eigenvalue weighted by Crippen LogP contribution is 2.31. The van der Waals surface area contributed by atoms with Crippen LogP contribution in [0.2, 0.25) is 0 Å². The van der Waals surface area contributed by atoms with E-state index in [4.69, 9.17) is 18.6 Å². The van der Waals surface area contributed by atoms with Gasteiger partial charge >= 0.3 is 0 Å². The fourth-order valence-electron chi connectivity index (χ4n) is 2.44. The lowest BCUT2D eigenvalue weighted by molar-refractivity contribution is 0.394. The summed E-state index contributed by atoms with van der Waals surface area (Å²) >= 11 is 0. The predicted octanol–water partition coefficient (Wildman–Crippen LogP) is 3.49. The Bertz CT molecular complexity index is 889. The van der Waals surface area contributed by atoms with Crippen LogP contribution in [-0.4, -0.2) is 21.3 Å². The Balaban J connectivity index is 2.24. The Morgan fingerprint density at radius 3 is 2.17 bits per heavy atom. The maximum Gasteiger partial charge on any atom is 0.197 e. The van der Waals surface area contributed by atoms with E-state index in [1.807, 2.05) is 0 Å². The first-order valence-electron chi connectivity index (χ1n) is 7.00. The summed E-state index contributed by atoms with van der Waals surface area (Å²) in [7, 11) is 4.66. The predicted molar refractivity (Wildman–Crippen MR) is 87.6 cm³/mol. The molecule has 2 aromatic carbocycles. The van der Waals surface area contributed by atoms with Gasteiger partial charge in [0.15, 0.2) is 5.43 Å². The average molecular weight is 312 g/mol. The van der Waals surface area contributed by atoms with Gasteiger partial charge in [-0.05, 0) is 24.3 Å². The minimum absolute atomic E-state index is 0.166. The van der Waals surface area contributed by atoms with Crippen LogP contribution in [0.5, 0.6) is 17.2 Å². The lowest BCUT2D eigenvalue weighted by Gasteiger charge is -2.09. The summed E-state index contributed by atoms with van der Waals surface area (Å²) in [6, 6.07) is 12.0. The van der Waals surface area contributed by atoms with Crippen molar-refractivity contribution in [1.29, 1.82) is 0 Å². The second kappa shape index (κ2) is 6.04. The fraction of sp³-hybridized carbons (Fsp3) is 0.167. The molecule has 1 heterocycles. The summed E-state index contributed by atoms with van der Waals surface area (Å²) in [5.41, 5.74) is 0.997. The molecule has 0 atom stereocenters. The van der Waals surface area contributed by atoms with E-state index in [2.05, 4.69) is 0 Å². The van der Waals surface area contributed by atoms with Gasteiger partial charge in [0, 0.05) is 17.7 Å². The van der Waals surface area contributed by atoms with Crippen LogP contribution in [0.1, 0.15) is 0 Å². The molecule has 0 aliphatic carbocycles. The van der Waals surface area contributed by atoms with E-state index in [9.17, 15) is 4.79 Å². The number of benzene rings is 2. The smallest absolute Gasteiger partial charge is 0.197 e. The molecule has 5 nitrogen and oxygen atoms in total. The molecule has 0 saturated carbocycles. The quantitative estimate of drug-likeness (QED) is 0.738. The lowest BCUT2D eigenvalue weighted by Crippen LogP contribution is -2.02. The number of ether oxygens (including phenoxy) is 3. The van der Waals surface area contributed by atoms with Gasteiger partial charge in [0.2, 0.25) is 0 Å². The fourth-order valence-corrected chi connectivity index (χ4v) is 2.44. The molecule has 0 N–H and O–H groups in total. The van der Waals surface area contributed by atoms with Gasteiger partial charge in [-0.25, -0.2) is 0 Å². The largest absolute Gasteiger partial charge is 0.497 e. The van der Waals surface area contributed by atoms with Crippen molar-refractivity contribution in [3.8, 4) is 28.6 Å². The van der Waals surface area contributed by atoms with Crippen LogP contribution < -0.4 is 19.6 Å². The van der Waals surface area contributed by atoms with Crippen LogP contribution >= 0.6 is 0 Å². The summed E-state index contributed by atoms with van der Waals surface area (Å²) in [6.07, 6.45) is 0. The average Bonchev–Trinajstić information content (AvgIpc) is 2.60. The van der Waals surface area contributed by atoms with Crippen molar-refractivity contribution in [3.63, 3.8) is 0 Å². The highest BCUT2D eigenvalue weighted by atomic mass is 16.5. The first-order valence-corrected chi connectivity index (χ1v) is 7.00. The Morgan fingerprint density at radius 2 is 1.57 bits per heavy atom. The molecule has 0 spiro atoms. The third-order valence-corrected chi connectivity index (χ3v) is 3.57. The third kappa shape index (κ3) is 2.73. The van der Waals surface area contributed by atoms with Crippen LogP contribution in [0.4, 0.5) is 0 Å². The zero-order chi connectivity index (χ0) is 16.4. The van der Waals surface area contributed by atoms with E-state index < -0.39 is 0 Å². The van der Waals surface area contributed by atoms with E-state index in [1.54, 1.807) is 50.6 Å². The molecule has 0 unspecified atom stereocenters. The summed E-state index contributed by atoms with van der Waals surface area (Å²) < 4.78 is 21.6. The molecule has 0 saturated heterocycles. The maximum absolute atomic E-state index is 12.5. The van der Waals surface area contributed by atoms with Gasteiger partial charge in [0.25, 0.3) is 0 Å². The number of hydrogen-bond donors (Lipinski definition) is 0. The molecule has 5 heteroatoms. The van der Waals surface area contributed by atoms with E-state index in [-0.39, 0.29) is 5.43 Å². The van der Waals surface area contributed by atoms with Gasteiger partial charge in [-0.3, -0.25) is 4.79 Å². The first kappa shape index (κ1) is 15.0. The van der Waals surface area contributed by atoms with Gasteiger partial charge in [-0.2, -0.15) is 0 Å². The third-order valence-electron chi connectivity index (χ3n) is 3.57. The van der Waals surface area contributed by atoms with Crippen LogP contribution in [0.3, 0.4) is 0 Å². The lowest BCUT2D eigenvalue weighted by atomic mass is 10.1. The van der Waals surface area contributed by atoms with Gasteiger partial charge < -0.3 is 18.6 Å². The number of hydrogen-bond acceptors (Lipinski definition) is 5. The monoisotopic (exact) mass is 312 g/mol. The minimum Gasteiger partial charge on any atom is -0.497 e. The molecule has 0 bridgehead atoms. The summed E-state index contributed by atoms with van der Waals surface area (Å²) in [4.78, 5) is 12.5. The van der Waals surface area contributed by atoms with Crippen LogP contribution in [0.25, 0.3) is 22.3 Å². The zero-order valence-corrected chi connectivity index (χ0v) is 13.1. The molecule has 3 rings (SSSR count). The van der Waals surface area contributed by atoms with Crippen molar-refractivity contribution < 1.29 is 18.6 Å². The molecule has 1 aromatic heterocycles. The molecule has 0 fully saturated rings. The Kier molecular flexibility index (Phi) is 3.93. The highest BCUT2D eigenvalue weighted by molar-refractivity contribution is 5.85. The molecule has 0 aliphatic rings. The summed E-state index contributed by atoms with van der Waals surface area (Å²) in [6.45, 7) is 0. The van der Waals surface area contributed by atoms with E-state index >= 15 is 0 Å². The van der Waals surface area contributed by atoms with Crippen molar-refractivity contribution in [1.82, 2.24) is 0 Å². The molecular formula is C18H16O5. The first-order chi connectivity index (χ1) is 11.2. The Hall–Kier alpha value is -2.95. The summed E-state index contributed by atoms with van der Waals surface area (Å²) in [5, 5.41) is 0.425.